The van der Waals surface area contributed by atoms with Gasteiger partial charge in [0, 0.05) is 6.54 Å². The van der Waals surface area contributed by atoms with Gasteiger partial charge in [0.2, 0.25) is 11.8 Å². The van der Waals surface area contributed by atoms with Gasteiger partial charge in [0.1, 0.15) is 5.37 Å². The van der Waals surface area contributed by atoms with Crippen molar-refractivity contribution in [3.63, 3.8) is 0 Å². The Hall–Kier alpha value is -1.42. The van der Waals surface area contributed by atoms with Gasteiger partial charge in [-0.3, -0.25) is 9.59 Å². The van der Waals surface area contributed by atoms with E-state index >= 15 is 0 Å². The summed E-state index contributed by atoms with van der Waals surface area (Å²) in [6.07, 6.45) is 0.107. The summed E-state index contributed by atoms with van der Waals surface area (Å²) in [5.74, 6) is -3.52. The number of hydrogen-bond donors (Lipinski definition) is 1. The molecule has 0 unspecified atom stereocenters. The second-order valence-electron chi connectivity index (χ2n) is 7.08. The van der Waals surface area contributed by atoms with Crippen LogP contribution >= 0.6 is 0 Å². The molecule has 27 heavy (non-hydrogen) atoms. The van der Waals surface area contributed by atoms with E-state index in [1.165, 1.54) is 13.8 Å². The second kappa shape index (κ2) is 7.54. The Morgan fingerprint density at radius 1 is 1.22 bits per heavy atom. The SMILES string of the molecule is CC1(C)[C@H](C(=O)[O-])N2C(=O)[C@@H](CNC(=O)Cc3ccccc3)[C@H]2S1(=O)=O.[Na+]. The third-order valence-electron chi connectivity index (χ3n) is 5.13. The number of benzene rings is 1. The number of amides is 2. The van der Waals surface area contributed by atoms with E-state index in [-0.39, 0.29) is 48.4 Å². The van der Waals surface area contributed by atoms with Crippen molar-refractivity contribution in [3.05, 3.63) is 35.9 Å². The number of β-lactam (4-membered cyclic amide) rings is 1. The van der Waals surface area contributed by atoms with Crippen molar-refractivity contribution in [3.8, 4) is 0 Å². The van der Waals surface area contributed by atoms with Crippen molar-refractivity contribution in [1.29, 1.82) is 0 Å². The molecule has 0 bridgehead atoms. The van der Waals surface area contributed by atoms with Gasteiger partial charge in [-0.15, -0.1) is 0 Å². The molecule has 2 heterocycles. The predicted octanol–water partition coefficient (Wildman–Crippen LogP) is -4.54. The minimum Gasteiger partial charge on any atom is -0.548 e. The second-order valence-corrected chi connectivity index (χ2v) is 9.70. The smallest absolute Gasteiger partial charge is 0.548 e. The fourth-order valence-electron chi connectivity index (χ4n) is 3.65. The van der Waals surface area contributed by atoms with Gasteiger partial charge in [0.25, 0.3) is 0 Å². The van der Waals surface area contributed by atoms with Crippen molar-refractivity contribution in [2.75, 3.05) is 6.54 Å². The zero-order valence-corrected chi connectivity index (χ0v) is 18.2. The molecule has 1 aromatic rings. The molecule has 2 aliphatic rings. The number of nitrogens with zero attached hydrogens (tertiary/aromatic N) is 1. The van der Waals surface area contributed by atoms with Crippen molar-refractivity contribution < 1.29 is 57.5 Å². The maximum Gasteiger partial charge on any atom is 1.00 e. The summed E-state index contributed by atoms with van der Waals surface area (Å²) in [5.41, 5.74) is 0.790. The molecule has 1 aromatic carbocycles. The fourth-order valence-corrected chi connectivity index (χ4v) is 5.96. The Bertz CT molecular complexity index is 871. The van der Waals surface area contributed by atoms with Crippen LogP contribution < -0.4 is 40.0 Å². The molecule has 0 aliphatic carbocycles. The van der Waals surface area contributed by atoms with Gasteiger partial charge in [0.15, 0.2) is 9.84 Å². The first kappa shape index (κ1) is 21.9. The van der Waals surface area contributed by atoms with Crippen LogP contribution in [-0.2, 0) is 30.6 Å². The predicted molar refractivity (Wildman–Crippen MR) is 89.1 cm³/mol. The van der Waals surface area contributed by atoms with Crippen LogP contribution in [0.1, 0.15) is 19.4 Å². The first-order valence-electron chi connectivity index (χ1n) is 8.16. The number of carboxylic acid groups (broad SMARTS) is 1. The molecule has 2 fully saturated rings. The number of carbonyl (C=O) groups excluding carboxylic acids is 3. The molecule has 8 nitrogen and oxygen atoms in total. The first-order valence-corrected chi connectivity index (χ1v) is 9.70. The summed E-state index contributed by atoms with van der Waals surface area (Å²) in [6.45, 7) is 2.40. The molecule has 1 N–H and O–H groups in total. The summed E-state index contributed by atoms with van der Waals surface area (Å²) in [6, 6.07) is 7.45. The number of sulfone groups is 1. The number of hydrogen-bond acceptors (Lipinski definition) is 6. The molecule has 3 atom stereocenters. The maximum atomic E-state index is 12.7. The van der Waals surface area contributed by atoms with E-state index in [0.29, 0.717) is 0 Å². The van der Waals surface area contributed by atoms with E-state index < -0.39 is 43.8 Å². The Morgan fingerprint density at radius 2 is 1.81 bits per heavy atom. The molecule has 2 aliphatic heterocycles. The molecule has 0 saturated carbocycles. The fraction of sp³-hybridized carbons (Fsp3) is 0.471. The zero-order valence-electron chi connectivity index (χ0n) is 15.3. The summed E-state index contributed by atoms with van der Waals surface area (Å²) in [4.78, 5) is 36.6. The van der Waals surface area contributed by atoms with Crippen LogP contribution in [0.4, 0.5) is 0 Å². The van der Waals surface area contributed by atoms with E-state index in [9.17, 15) is 27.9 Å². The average molecular weight is 402 g/mol. The van der Waals surface area contributed by atoms with Crippen molar-refractivity contribution in [2.24, 2.45) is 5.92 Å². The van der Waals surface area contributed by atoms with Gasteiger partial charge < -0.3 is 20.1 Å². The third kappa shape index (κ3) is 3.41. The van der Waals surface area contributed by atoms with Gasteiger partial charge in [0.05, 0.1) is 29.1 Å². The summed E-state index contributed by atoms with van der Waals surface area (Å²) < 4.78 is 23.7. The minimum absolute atomic E-state index is 0. The number of nitrogens with one attached hydrogen (secondary N) is 1. The monoisotopic (exact) mass is 402 g/mol. The molecular weight excluding hydrogens is 383 g/mol. The van der Waals surface area contributed by atoms with Gasteiger partial charge in [-0.25, -0.2) is 8.42 Å². The average Bonchev–Trinajstić information content (AvgIpc) is 2.70. The van der Waals surface area contributed by atoms with Crippen LogP contribution in [0.15, 0.2) is 30.3 Å². The van der Waals surface area contributed by atoms with Crippen LogP contribution in [0.5, 0.6) is 0 Å². The molecule has 3 rings (SSSR count). The van der Waals surface area contributed by atoms with Crippen LogP contribution in [0, 0.1) is 5.92 Å². The molecular formula is C17H19N2NaO6S. The number of rotatable bonds is 5. The normalized spacial score (nSPS) is 27.1. The summed E-state index contributed by atoms with van der Waals surface area (Å²) in [7, 11) is -3.92. The Labute approximate surface area is 179 Å². The number of aliphatic carboxylic acids is 1. The Morgan fingerprint density at radius 3 is 2.37 bits per heavy atom. The summed E-state index contributed by atoms with van der Waals surface area (Å²) >= 11 is 0. The first-order chi connectivity index (χ1) is 12.1. The number of carbonyl (C=O) groups is 3. The van der Waals surface area contributed by atoms with Gasteiger partial charge in [-0.2, -0.15) is 0 Å². The van der Waals surface area contributed by atoms with Crippen LogP contribution in [0.25, 0.3) is 0 Å². The van der Waals surface area contributed by atoms with Crippen LogP contribution in [-0.4, -0.2) is 53.8 Å². The standard InChI is InChI=1S/C17H20N2O6S.Na/c1-17(2)13(16(22)23)19-14(21)11(15(19)26(17,24)25)9-18-12(20)8-10-6-4-3-5-7-10;/h3-7,11,13,15H,8-9H2,1-2H3,(H,18,20)(H,22,23);/q;+1/p-1/t11-,13+,15-;/m1./s1. The Balaban J connectivity index is 0.00000261. The van der Waals surface area contributed by atoms with E-state index in [2.05, 4.69) is 5.32 Å². The number of fused-ring (bicyclic) bond motifs is 1. The largest absolute Gasteiger partial charge is 1.00 e. The quantitative estimate of drug-likeness (QED) is 0.391. The third-order valence-corrected chi connectivity index (χ3v) is 8.01. The van der Waals surface area contributed by atoms with E-state index in [1.807, 2.05) is 6.07 Å². The van der Waals surface area contributed by atoms with Crippen molar-refractivity contribution in [2.45, 2.75) is 36.4 Å². The van der Waals surface area contributed by atoms with E-state index in [4.69, 9.17) is 0 Å². The van der Waals surface area contributed by atoms with Gasteiger partial charge in [-0.05, 0) is 19.4 Å². The zero-order chi connectivity index (χ0) is 19.3. The van der Waals surface area contributed by atoms with Gasteiger partial charge >= 0.3 is 29.6 Å². The Kier molecular flexibility index (Phi) is 6.11. The molecule has 2 saturated heterocycles. The molecule has 0 radical (unpaired) electrons. The number of carboxylic acids is 1. The topological polar surface area (TPSA) is 124 Å². The van der Waals surface area contributed by atoms with Crippen molar-refractivity contribution in [1.82, 2.24) is 10.2 Å². The van der Waals surface area contributed by atoms with Crippen molar-refractivity contribution >= 4 is 27.6 Å². The van der Waals surface area contributed by atoms with E-state index in [1.54, 1.807) is 24.3 Å². The van der Waals surface area contributed by atoms with Crippen LogP contribution in [0.3, 0.4) is 0 Å². The molecule has 10 heteroatoms. The van der Waals surface area contributed by atoms with Gasteiger partial charge in [-0.1, -0.05) is 30.3 Å². The van der Waals surface area contributed by atoms with E-state index in [0.717, 1.165) is 10.5 Å². The molecule has 0 aromatic heterocycles. The minimum atomic E-state index is -3.92. The summed E-state index contributed by atoms with van der Waals surface area (Å²) in [5, 5.41) is 12.7. The molecule has 0 spiro atoms. The maximum absolute atomic E-state index is 12.7. The molecule has 140 valence electrons. The molecule has 2 amide bonds. The van der Waals surface area contributed by atoms with Crippen LogP contribution in [0.2, 0.25) is 0 Å².